The average molecular weight is 308 g/mol. The van der Waals surface area contributed by atoms with Gasteiger partial charge in [0.15, 0.2) is 0 Å². The number of aliphatic hydroxyl groups excluding tert-OH is 3. The highest BCUT2D eigenvalue weighted by atomic mass is 16.3. The highest BCUT2D eigenvalue weighted by Gasteiger charge is 2.61. The van der Waals surface area contributed by atoms with E-state index in [1.807, 2.05) is 0 Å². The first-order valence-electron chi connectivity index (χ1n) is 9.38. The van der Waals surface area contributed by atoms with Crippen molar-refractivity contribution < 1.29 is 15.3 Å². The van der Waals surface area contributed by atoms with Crippen LogP contribution in [-0.2, 0) is 0 Å². The van der Waals surface area contributed by atoms with Crippen molar-refractivity contribution in [3.8, 4) is 0 Å². The molecule has 3 N–H and O–H groups in total. The van der Waals surface area contributed by atoms with Crippen LogP contribution in [0.25, 0.3) is 0 Å². The Morgan fingerprint density at radius 1 is 0.818 bits per heavy atom. The molecule has 126 valence electrons. The Morgan fingerprint density at radius 3 is 2.36 bits per heavy atom. The summed E-state index contributed by atoms with van der Waals surface area (Å²) in [7, 11) is 0. The number of hydrogen-bond donors (Lipinski definition) is 3. The van der Waals surface area contributed by atoms with Gasteiger partial charge in [-0.3, -0.25) is 0 Å². The van der Waals surface area contributed by atoms with Crippen LogP contribution in [-0.4, -0.2) is 33.6 Å². The molecule has 0 saturated heterocycles. The summed E-state index contributed by atoms with van der Waals surface area (Å²) in [5, 5.41) is 31.2. The van der Waals surface area contributed by atoms with Crippen LogP contribution >= 0.6 is 0 Å². The predicted molar refractivity (Wildman–Crippen MR) is 85.1 cm³/mol. The van der Waals surface area contributed by atoms with Crippen LogP contribution in [0, 0.1) is 34.5 Å². The van der Waals surface area contributed by atoms with Gasteiger partial charge in [0.05, 0.1) is 18.3 Å². The zero-order valence-corrected chi connectivity index (χ0v) is 14.0. The molecule has 4 fully saturated rings. The van der Waals surface area contributed by atoms with E-state index in [-0.39, 0.29) is 29.1 Å². The Morgan fingerprint density at radius 2 is 1.59 bits per heavy atom. The Kier molecular flexibility index (Phi) is 3.46. The van der Waals surface area contributed by atoms with Gasteiger partial charge in [-0.25, -0.2) is 0 Å². The fourth-order valence-electron chi connectivity index (χ4n) is 7.22. The summed E-state index contributed by atoms with van der Waals surface area (Å²) in [5.41, 5.74) is 0.525. The van der Waals surface area contributed by atoms with Gasteiger partial charge in [-0.15, -0.1) is 0 Å². The summed E-state index contributed by atoms with van der Waals surface area (Å²) in [6, 6.07) is 0. The van der Waals surface area contributed by atoms with Gasteiger partial charge in [0.2, 0.25) is 0 Å². The molecule has 4 rings (SSSR count). The van der Waals surface area contributed by atoms with E-state index in [9.17, 15) is 15.3 Å². The van der Waals surface area contributed by atoms with E-state index in [4.69, 9.17) is 0 Å². The quantitative estimate of drug-likeness (QED) is 0.645. The van der Waals surface area contributed by atoms with Crippen molar-refractivity contribution in [2.45, 2.75) is 83.5 Å². The van der Waals surface area contributed by atoms with Gasteiger partial charge >= 0.3 is 0 Å². The molecule has 0 aromatic heterocycles. The monoisotopic (exact) mass is 308 g/mol. The fraction of sp³-hybridized carbons (Fsp3) is 1.00. The number of hydrogen-bond acceptors (Lipinski definition) is 3. The minimum Gasteiger partial charge on any atom is -0.393 e. The highest BCUT2D eigenvalue weighted by molar-refractivity contribution is 5.10. The lowest BCUT2D eigenvalue weighted by Gasteiger charge is -2.61. The van der Waals surface area contributed by atoms with E-state index in [1.54, 1.807) is 0 Å². The summed E-state index contributed by atoms with van der Waals surface area (Å²) in [5.74, 6) is 1.91. The molecule has 0 radical (unpaired) electrons. The molecule has 3 nitrogen and oxygen atoms in total. The summed E-state index contributed by atoms with van der Waals surface area (Å²) in [6.07, 6.45) is 7.42. The van der Waals surface area contributed by atoms with E-state index in [0.717, 1.165) is 38.5 Å². The maximum absolute atomic E-state index is 10.9. The summed E-state index contributed by atoms with van der Waals surface area (Å²) >= 11 is 0. The van der Waals surface area contributed by atoms with Gasteiger partial charge in [0.1, 0.15) is 0 Å². The maximum atomic E-state index is 10.9. The minimum absolute atomic E-state index is 0.163. The Balaban J connectivity index is 1.67. The molecule has 4 aliphatic rings. The third kappa shape index (κ3) is 2.04. The molecule has 4 saturated carbocycles. The summed E-state index contributed by atoms with van der Waals surface area (Å²) in [4.78, 5) is 0. The van der Waals surface area contributed by atoms with Crippen LogP contribution in [0.4, 0.5) is 0 Å². The molecule has 0 aromatic rings. The standard InChI is InChI=1S/C19H32O3/c1-18-5-4-14-17(15(18)9-13(21)10-18)16(22)8-11-7-12(20)3-6-19(11,14)2/h11-17,20-22H,3-10H2,1-2H3/t11-,12?,13?,14?,15?,16-,17?,18?,19?/m1/s1. The first kappa shape index (κ1) is 15.4. The molecule has 4 aliphatic carbocycles. The van der Waals surface area contributed by atoms with E-state index < -0.39 is 0 Å². The zero-order chi connectivity index (χ0) is 15.7. The third-order valence-electron chi connectivity index (χ3n) is 8.40. The number of rotatable bonds is 0. The van der Waals surface area contributed by atoms with Crippen LogP contribution in [0.5, 0.6) is 0 Å². The van der Waals surface area contributed by atoms with Crippen molar-refractivity contribution in [1.82, 2.24) is 0 Å². The van der Waals surface area contributed by atoms with Crippen LogP contribution in [0.15, 0.2) is 0 Å². The lowest BCUT2D eigenvalue weighted by atomic mass is 9.44. The van der Waals surface area contributed by atoms with Crippen molar-refractivity contribution in [3.05, 3.63) is 0 Å². The average Bonchev–Trinajstić information content (AvgIpc) is 2.75. The van der Waals surface area contributed by atoms with Crippen LogP contribution in [0.2, 0.25) is 0 Å². The zero-order valence-electron chi connectivity index (χ0n) is 14.0. The van der Waals surface area contributed by atoms with Gasteiger partial charge < -0.3 is 15.3 Å². The molecule has 0 aliphatic heterocycles. The van der Waals surface area contributed by atoms with E-state index >= 15 is 0 Å². The molecular formula is C19H32O3. The van der Waals surface area contributed by atoms with Crippen molar-refractivity contribution in [2.75, 3.05) is 0 Å². The Hall–Kier alpha value is -0.120. The van der Waals surface area contributed by atoms with E-state index in [2.05, 4.69) is 13.8 Å². The molecule has 7 unspecified atom stereocenters. The van der Waals surface area contributed by atoms with Gasteiger partial charge in [-0.2, -0.15) is 0 Å². The lowest BCUT2D eigenvalue weighted by molar-refractivity contribution is -0.168. The highest BCUT2D eigenvalue weighted by Crippen LogP contribution is 2.66. The molecule has 0 bridgehead atoms. The molecule has 0 spiro atoms. The molecular weight excluding hydrogens is 276 g/mol. The second-order valence-corrected chi connectivity index (χ2v) is 9.51. The van der Waals surface area contributed by atoms with Crippen LogP contribution < -0.4 is 0 Å². The van der Waals surface area contributed by atoms with Crippen molar-refractivity contribution in [3.63, 3.8) is 0 Å². The molecule has 0 aromatic carbocycles. The van der Waals surface area contributed by atoms with Crippen LogP contribution in [0.1, 0.15) is 65.2 Å². The maximum Gasteiger partial charge on any atom is 0.0577 e. The molecule has 0 heterocycles. The molecule has 22 heavy (non-hydrogen) atoms. The van der Waals surface area contributed by atoms with Crippen molar-refractivity contribution in [1.29, 1.82) is 0 Å². The van der Waals surface area contributed by atoms with Gasteiger partial charge in [0, 0.05) is 0 Å². The van der Waals surface area contributed by atoms with Crippen molar-refractivity contribution >= 4 is 0 Å². The Bertz CT molecular complexity index is 452. The largest absolute Gasteiger partial charge is 0.393 e. The second-order valence-electron chi connectivity index (χ2n) is 9.51. The van der Waals surface area contributed by atoms with Crippen molar-refractivity contribution in [2.24, 2.45) is 34.5 Å². The summed E-state index contributed by atoms with van der Waals surface area (Å²) < 4.78 is 0. The first-order valence-corrected chi connectivity index (χ1v) is 9.38. The topological polar surface area (TPSA) is 60.7 Å². The van der Waals surface area contributed by atoms with Gasteiger partial charge in [-0.05, 0) is 85.9 Å². The third-order valence-corrected chi connectivity index (χ3v) is 8.40. The molecule has 0 amide bonds. The lowest BCUT2D eigenvalue weighted by Crippen LogP contribution is -2.57. The normalized spacial score (nSPS) is 61.2. The van der Waals surface area contributed by atoms with Gasteiger partial charge in [0.25, 0.3) is 0 Å². The van der Waals surface area contributed by atoms with E-state index in [1.165, 1.54) is 12.8 Å². The second kappa shape index (κ2) is 4.94. The van der Waals surface area contributed by atoms with E-state index in [0.29, 0.717) is 23.7 Å². The predicted octanol–water partition coefficient (Wildman–Crippen LogP) is 2.72. The van der Waals surface area contributed by atoms with Gasteiger partial charge in [-0.1, -0.05) is 13.8 Å². The molecule has 9 atom stereocenters. The fourth-order valence-corrected chi connectivity index (χ4v) is 7.22. The Labute approximate surface area is 134 Å². The van der Waals surface area contributed by atoms with Crippen LogP contribution in [0.3, 0.4) is 0 Å². The minimum atomic E-state index is -0.233. The first-order chi connectivity index (χ1) is 10.3. The SMILES string of the molecule is CC12CCC3C(C1CC(O)C2)[C@H](O)C[C@H]1CC(O)CCC31C. The number of aliphatic hydroxyl groups is 3. The smallest absolute Gasteiger partial charge is 0.0577 e. The summed E-state index contributed by atoms with van der Waals surface area (Å²) in [6.45, 7) is 4.77. The molecule has 3 heteroatoms. The number of fused-ring (bicyclic) bond motifs is 5.